The lowest BCUT2D eigenvalue weighted by atomic mass is 9.91. The molecule has 0 bridgehead atoms. The Morgan fingerprint density at radius 1 is 1.10 bits per heavy atom. The molecule has 168 valence electrons. The van der Waals surface area contributed by atoms with Crippen molar-refractivity contribution >= 4 is 47.2 Å². The van der Waals surface area contributed by atoms with E-state index in [4.69, 9.17) is 0 Å². The van der Waals surface area contributed by atoms with Crippen LogP contribution in [0.2, 0.25) is 0 Å². The third-order valence-corrected chi connectivity index (χ3v) is 6.51. The van der Waals surface area contributed by atoms with E-state index in [1.165, 1.54) is 4.57 Å². The van der Waals surface area contributed by atoms with Gasteiger partial charge in [-0.25, -0.2) is 4.79 Å². The zero-order chi connectivity index (χ0) is 21.3. The summed E-state index contributed by atoms with van der Waals surface area (Å²) >= 11 is 0. The predicted molar refractivity (Wildman–Crippen MR) is 121 cm³/mol. The van der Waals surface area contributed by atoms with Gasteiger partial charge in [0.25, 0.3) is 0 Å². The average molecular weight is 449 g/mol. The highest BCUT2D eigenvalue weighted by atomic mass is 35.5. The molecule has 0 saturated carbocycles. The Labute approximate surface area is 187 Å². The number of nitrogens with zero attached hydrogens (tertiary/aromatic N) is 3. The van der Waals surface area contributed by atoms with Crippen LogP contribution in [0.1, 0.15) is 51.0 Å². The Balaban J connectivity index is 0.00000272. The highest BCUT2D eigenvalue weighted by Crippen LogP contribution is 2.30. The number of hydrogen-bond donors (Lipinski definition) is 1. The summed E-state index contributed by atoms with van der Waals surface area (Å²) in [5.41, 5.74) is 2.33. The Morgan fingerprint density at radius 2 is 1.84 bits per heavy atom. The van der Waals surface area contributed by atoms with E-state index in [1.807, 2.05) is 18.2 Å². The second kappa shape index (κ2) is 9.68. The predicted octanol–water partition coefficient (Wildman–Crippen LogP) is 2.33. The number of aryl methyl sites for hydroxylation is 1. The molecule has 0 spiro atoms. The van der Waals surface area contributed by atoms with Gasteiger partial charge in [0.2, 0.25) is 11.8 Å². The number of piperidine rings is 2. The first-order valence-electron chi connectivity index (χ1n) is 10.7. The molecule has 2 aliphatic rings. The molecular weight excluding hydrogens is 420 g/mol. The molecule has 8 nitrogen and oxygen atoms in total. The van der Waals surface area contributed by atoms with Gasteiger partial charge in [-0.3, -0.25) is 24.0 Å². The van der Waals surface area contributed by atoms with Crippen molar-refractivity contribution in [3.63, 3.8) is 0 Å². The van der Waals surface area contributed by atoms with Crippen LogP contribution in [-0.2, 0) is 21.4 Å². The first-order valence-corrected chi connectivity index (χ1v) is 10.7. The van der Waals surface area contributed by atoms with Gasteiger partial charge in [-0.05, 0) is 56.2 Å². The smallest absolute Gasteiger partial charge is 0.329 e. The first-order chi connectivity index (χ1) is 14.5. The number of benzene rings is 1. The summed E-state index contributed by atoms with van der Waals surface area (Å²) in [6.07, 6.45) is 6.50. The Bertz CT molecular complexity index is 1040. The van der Waals surface area contributed by atoms with Gasteiger partial charge < -0.3 is 9.69 Å². The molecule has 1 atom stereocenters. The van der Waals surface area contributed by atoms with Crippen LogP contribution < -0.4 is 15.9 Å². The van der Waals surface area contributed by atoms with Crippen molar-refractivity contribution in [1.29, 1.82) is 0 Å². The SMILES string of the molecule is Cl.Cn1c(=O)n(C2CCC(=O)NC2=O)c2ccc(N3CCC(CCCC=O)CC3)cc21. The van der Waals surface area contributed by atoms with Crippen LogP contribution in [0.5, 0.6) is 0 Å². The fraction of sp³-hybridized carbons (Fsp3) is 0.545. The molecule has 31 heavy (non-hydrogen) atoms. The molecule has 1 aromatic heterocycles. The second-order valence-corrected chi connectivity index (χ2v) is 8.38. The number of nitrogens with one attached hydrogen (secondary N) is 1. The van der Waals surface area contributed by atoms with E-state index in [1.54, 1.807) is 11.6 Å². The van der Waals surface area contributed by atoms with E-state index < -0.39 is 11.9 Å². The number of unbranched alkanes of at least 4 members (excludes halogenated alkanes) is 1. The van der Waals surface area contributed by atoms with Gasteiger partial charge in [0.1, 0.15) is 12.3 Å². The Morgan fingerprint density at radius 3 is 2.52 bits per heavy atom. The van der Waals surface area contributed by atoms with Crippen LogP contribution in [0.15, 0.2) is 23.0 Å². The van der Waals surface area contributed by atoms with Crippen molar-refractivity contribution in [3.8, 4) is 0 Å². The Kier molecular flexibility index (Phi) is 7.20. The van der Waals surface area contributed by atoms with Crippen LogP contribution in [0.4, 0.5) is 5.69 Å². The van der Waals surface area contributed by atoms with Crippen LogP contribution in [-0.4, -0.2) is 40.3 Å². The molecule has 1 N–H and O–H groups in total. The van der Waals surface area contributed by atoms with E-state index >= 15 is 0 Å². The van der Waals surface area contributed by atoms with E-state index in [2.05, 4.69) is 10.2 Å². The van der Waals surface area contributed by atoms with Gasteiger partial charge in [-0.15, -0.1) is 12.4 Å². The molecule has 2 saturated heterocycles. The number of carbonyl (C=O) groups is 3. The average Bonchev–Trinajstić information content (AvgIpc) is 2.99. The zero-order valence-electron chi connectivity index (χ0n) is 17.7. The molecule has 1 unspecified atom stereocenters. The summed E-state index contributed by atoms with van der Waals surface area (Å²) in [5.74, 6) is -0.0362. The number of aldehydes is 1. The maximum absolute atomic E-state index is 12.9. The molecule has 2 fully saturated rings. The quantitative estimate of drug-likeness (QED) is 0.416. The maximum Gasteiger partial charge on any atom is 0.329 e. The standard InChI is InChI=1S/C22H28N4O4.ClH/c1-24-19-14-16(25-11-9-15(10-12-25)4-2-3-13-27)5-6-17(19)26(22(24)30)18-7-8-20(28)23-21(18)29;/h5-6,13-15,18H,2-4,7-12H2,1H3,(H,23,28,29);1H. The van der Waals surface area contributed by atoms with Gasteiger partial charge in [0.05, 0.1) is 11.0 Å². The molecule has 2 aliphatic heterocycles. The summed E-state index contributed by atoms with van der Waals surface area (Å²) in [5, 5.41) is 2.34. The van der Waals surface area contributed by atoms with Crippen molar-refractivity contribution in [1.82, 2.24) is 14.5 Å². The van der Waals surface area contributed by atoms with E-state index in [0.29, 0.717) is 24.3 Å². The lowest BCUT2D eigenvalue weighted by Crippen LogP contribution is -2.44. The number of halogens is 1. The number of anilines is 1. The van der Waals surface area contributed by atoms with Gasteiger partial charge >= 0.3 is 5.69 Å². The molecular formula is C22H29ClN4O4. The number of imidazole rings is 1. The molecule has 3 heterocycles. The Hall–Kier alpha value is -2.61. The van der Waals surface area contributed by atoms with Crippen molar-refractivity contribution in [2.45, 2.75) is 51.0 Å². The highest BCUT2D eigenvalue weighted by molar-refractivity contribution is 6.00. The van der Waals surface area contributed by atoms with E-state index in [9.17, 15) is 19.2 Å². The lowest BCUT2D eigenvalue weighted by Gasteiger charge is -2.33. The minimum Gasteiger partial charge on any atom is -0.371 e. The number of fused-ring (bicyclic) bond motifs is 1. The number of imide groups is 1. The van der Waals surface area contributed by atoms with Gasteiger partial charge in [-0.2, -0.15) is 0 Å². The molecule has 2 amide bonds. The fourth-order valence-electron chi connectivity index (χ4n) is 4.75. The maximum atomic E-state index is 12.9. The number of hydrogen-bond acceptors (Lipinski definition) is 5. The number of aromatic nitrogens is 2. The summed E-state index contributed by atoms with van der Waals surface area (Å²) in [6.45, 7) is 1.91. The van der Waals surface area contributed by atoms with Gasteiger partial charge in [0, 0.05) is 38.7 Å². The summed E-state index contributed by atoms with van der Waals surface area (Å²) in [6, 6.07) is 5.28. The zero-order valence-corrected chi connectivity index (χ0v) is 18.5. The monoisotopic (exact) mass is 448 g/mol. The molecule has 2 aromatic rings. The third kappa shape index (κ3) is 4.54. The number of carbonyl (C=O) groups excluding carboxylic acids is 3. The van der Waals surface area contributed by atoms with Crippen molar-refractivity contribution in [2.24, 2.45) is 13.0 Å². The third-order valence-electron chi connectivity index (χ3n) is 6.51. The topological polar surface area (TPSA) is 93.4 Å². The normalized spacial score (nSPS) is 19.9. The van der Waals surface area contributed by atoms with Crippen LogP contribution in [0.25, 0.3) is 11.0 Å². The van der Waals surface area contributed by atoms with Crippen molar-refractivity contribution in [3.05, 3.63) is 28.7 Å². The molecule has 9 heteroatoms. The highest BCUT2D eigenvalue weighted by Gasteiger charge is 2.31. The van der Waals surface area contributed by atoms with E-state index in [-0.39, 0.29) is 30.4 Å². The minimum absolute atomic E-state index is 0. The largest absolute Gasteiger partial charge is 0.371 e. The first kappa shape index (κ1) is 23.1. The minimum atomic E-state index is -0.660. The van der Waals surface area contributed by atoms with Gasteiger partial charge in [-0.1, -0.05) is 0 Å². The number of amides is 2. The molecule has 0 radical (unpaired) electrons. The molecule has 4 rings (SSSR count). The summed E-state index contributed by atoms with van der Waals surface area (Å²) in [7, 11) is 1.72. The van der Waals surface area contributed by atoms with Crippen LogP contribution in [0.3, 0.4) is 0 Å². The van der Waals surface area contributed by atoms with Crippen molar-refractivity contribution in [2.75, 3.05) is 18.0 Å². The second-order valence-electron chi connectivity index (χ2n) is 8.38. The van der Waals surface area contributed by atoms with Crippen molar-refractivity contribution < 1.29 is 14.4 Å². The number of rotatable bonds is 6. The lowest BCUT2D eigenvalue weighted by molar-refractivity contribution is -0.135. The van der Waals surface area contributed by atoms with Crippen LogP contribution >= 0.6 is 12.4 Å². The van der Waals surface area contributed by atoms with Gasteiger partial charge in [0.15, 0.2) is 0 Å². The molecule has 1 aromatic carbocycles. The summed E-state index contributed by atoms with van der Waals surface area (Å²) in [4.78, 5) is 49.5. The van der Waals surface area contributed by atoms with E-state index in [0.717, 1.165) is 56.3 Å². The molecule has 0 aliphatic carbocycles. The summed E-state index contributed by atoms with van der Waals surface area (Å²) < 4.78 is 3.09. The fourth-order valence-corrected chi connectivity index (χ4v) is 4.75. The van der Waals surface area contributed by atoms with Crippen LogP contribution in [0, 0.1) is 5.92 Å².